The predicted molar refractivity (Wildman–Crippen MR) is 158 cm³/mol. The molecule has 1 atom stereocenters. The minimum Gasteiger partial charge on any atom is -0.497 e. The van der Waals surface area contributed by atoms with E-state index in [1.807, 2.05) is 0 Å². The van der Waals surface area contributed by atoms with E-state index in [1.165, 1.54) is 48.4 Å². The van der Waals surface area contributed by atoms with Gasteiger partial charge in [0.25, 0.3) is 5.91 Å². The zero-order valence-corrected chi connectivity index (χ0v) is 24.3. The number of rotatable bonds is 9. The maximum absolute atomic E-state index is 14.4. The third-order valence-corrected chi connectivity index (χ3v) is 8.10. The van der Waals surface area contributed by atoms with Crippen LogP contribution in [0.3, 0.4) is 0 Å². The summed E-state index contributed by atoms with van der Waals surface area (Å²) in [6, 6.07) is 15.3. The van der Waals surface area contributed by atoms with Crippen molar-refractivity contribution >= 4 is 34.7 Å². The van der Waals surface area contributed by atoms with Crippen molar-refractivity contribution in [3.8, 4) is 22.8 Å². The molecule has 0 unspecified atom stereocenters. The quantitative estimate of drug-likeness (QED) is 0.196. The van der Waals surface area contributed by atoms with Crippen LogP contribution in [0.2, 0.25) is 0 Å². The van der Waals surface area contributed by atoms with Crippen LogP contribution < -0.4 is 25.4 Å². The van der Waals surface area contributed by atoms with E-state index in [0.717, 1.165) is 49.3 Å². The number of benzene rings is 3. The maximum atomic E-state index is 14.4. The minimum absolute atomic E-state index is 0.00730. The molecule has 1 saturated carbocycles. The Morgan fingerprint density at radius 2 is 1.59 bits per heavy atom. The van der Waals surface area contributed by atoms with E-state index in [-0.39, 0.29) is 28.0 Å². The average molecular weight is 629 g/mol. The van der Waals surface area contributed by atoms with Crippen molar-refractivity contribution in [3.63, 3.8) is 0 Å². The number of alkyl halides is 3. The third-order valence-electron chi connectivity index (χ3n) is 7.25. The van der Waals surface area contributed by atoms with Crippen LogP contribution in [0.5, 0.6) is 11.5 Å². The number of carbonyl (C=O) groups excluding carboxylic acids is 2. The van der Waals surface area contributed by atoms with Crippen molar-refractivity contribution < 1.29 is 36.6 Å². The van der Waals surface area contributed by atoms with Crippen LogP contribution in [-0.4, -0.2) is 35.7 Å². The van der Waals surface area contributed by atoms with Gasteiger partial charge in [-0.1, -0.05) is 25.0 Å². The second-order valence-electron chi connectivity index (χ2n) is 10.2. The van der Waals surface area contributed by atoms with Crippen LogP contribution >= 0.6 is 11.5 Å². The number of anilines is 2. The van der Waals surface area contributed by atoms with Gasteiger partial charge in [0.1, 0.15) is 33.9 Å². The summed E-state index contributed by atoms with van der Waals surface area (Å²) in [7, 11) is 1.49. The zero-order valence-electron chi connectivity index (χ0n) is 23.4. The Morgan fingerprint density at radius 3 is 2.18 bits per heavy atom. The van der Waals surface area contributed by atoms with Gasteiger partial charge >= 0.3 is 6.36 Å². The summed E-state index contributed by atoms with van der Waals surface area (Å²) < 4.78 is 65.8. The van der Waals surface area contributed by atoms with Crippen LogP contribution in [0.1, 0.15) is 47.0 Å². The lowest BCUT2D eigenvalue weighted by molar-refractivity contribution is -0.274. The highest BCUT2D eigenvalue weighted by Crippen LogP contribution is 2.37. The molecule has 1 aliphatic carbocycles. The normalized spacial score (nSPS) is 14.2. The number of aromatic nitrogens is 1. The molecular formula is C31H28F4N4O4S. The lowest BCUT2D eigenvalue weighted by atomic mass is 10.0. The van der Waals surface area contributed by atoms with Gasteiger partial charge in [-0.05, 0) is 90.6 Å². The topological polar surface area (TPSA) is 107 Å². The molecule has 2 amide bonds. The lowest BCUT2D eigenvalue weighted by Crippen LogP contribution is -2.46. The smallest absolute Gasteiger partial charge is 0.497 e. The summed E-state index contributed by atoms with van der Waals surface area (Å²) in [6.45, 7) is 0. The number of methoxy groups -OCH3 is 1. The van der Waals surface area contributed by atoms with E-state index in [4.69, 9.17) is 10.5 Å². The molecule has 3 N–H and O–H groups in total. The summed E-state index contributed by atoms with van der Waals surface area (Å²) in [4.78, 5) is 29.6. The molecule has 0 aliphatic heterocycles. The van der Waals surface area contributed by atoms with E-state index < -0.39 is 35.8 Å². The van der Waals surface area contributed by atoms with Crippen molar-refractivity contribution in [1.29, 1.82) is 0 Å². The number of amides is 2. The van der Waals surface area contributed by atoms with E-state index in [2.05, 4.69) is 14.4 Å². The van der Waals surface area contributed by atoms with Gasteiger partial charge in [-0.15, -0.1) is 13.2 Å². The molecule has 5 rings (SSSR count). The SMILES string of the molecule is COc1ccc([C@@H](C(=O)NC2CCCC2)N(C(=O)c2snc(-c3ccc(F)cc3)c2N)c2ccc(OC(F)(F)F)cc2)cc1. The van der Waals surface area contributed by atoms with E-state index in [9.17, 15) is 27.2 Å². The number of hydrogen-bond acceptors (Lipinski definition) is 7. The van der Waals surface area contributed by atoms with Crippen LogP contribution in [0, 0.1) is 5.82 Å². The fourth-order valence-electron chi connectivity index (χ4n) is 5.12. The summed E-state index contributed by atoms with van der Waals surface area (Å²) in [5.41, 5.74) is 7.69. The van der Waals surface area contributed by atoms with Gasteiger partial charge in [-0.3, -0.25) is 14.5 Å². The van der Waals surface area contributed by atoms with Gasteiger partial charge in [-0.2, -0.15) is 4.37 Å². The van der Waals surface area contributed by atoms with Gasteiger partial charge < -0.3 is 20.5 Å². The van der Waals surface area contributed by atoms with Gasteiger partial charge in [0.15, 0.2) is 0 Å². The first-order chi connectivity index (χ1) is 21.0. The van der Waals surface area contributed by atoms with E-state index in [1.54, 1.807) is 24.3 Å². The summed E-state index contributed by atoms with van der Waals surface area (Å²) in [5, 5.41) is 3.04. The van der Waals surface area contributed by atoms with Crippen molar-refractivity contribution in [1.82, 2.24) is 9.69 Å². The number of nitrogen functional groups attached to an aromatic ring is 1. The van der Waals surface area contributed by atoms with Crippen LogP contribution in [-0.2, 0) is 4.79 Å². The second-order valence-corrected chi connectivity index (χ2v) is 10.9. The zero-order chi connectivity index (χ0) is 31.4. The standard InChI is InChI=1S/C31H28F4N4O4S/c1-42-23-14-8-19(9-15-23)27(29(40)37-21-4-2-3-5-21)39(22-12-16-24(17-13-22)43-31(33,34)35)30(41)28-25(36)26(38-44-28)18-6-10-20(32)11-7-18/h6-17,21,27H,2-5,36H2,1H3,(H,37,40)/t27-/m0/s1. The Kier molecular flexibility index (Phi) is 9.04. The maximum Gasteiger partial charge on any atom is 0.573 e. The molecule has 0 spiro atoms. The Hall–Kier alpha value is -4.65. The molecule has 0 radical (unpaired) electrons. The van der Waals surface area contributed by atoms with Crippen molar-refractivity contribution in [2.75, 3.05) is 17.7 Å². The number of halogens is 4. The minimum atomic E-state index is -4.92. The number of hydrogen-bond donors (Lipinski definition) is 2. The fraction of sp³-hybridized carbons (Fsp3) is 0.258. The average Bonchev–Trinajstić information content (AvgIpc) is 3.65. The molecule has 230 valence electrons. The first-order valence-corrected chi connectivity index (χ1v) is 14.5. The van der Waals surface area contributed by atoms with Crippen molar-refractivity contribution in [2.45, 2.75) is 44.1 Å². The predicted octanol–water partition coefficient (Wildman–Crippen LogP) is 6.89. The van der Waals surface area contributed by atoms with Gasteiger partial charge in [0, 0.05) is 17.3 Å². The number of nitrogens with one attached hydrogen (secondary N) is 1. The molecule has 13 heteroatoms. The highest BCUT2D eigenvalue weighted by molar-refractivity contribution is 7.09. The second kappa shape index (κ2) is 12.9. The van der Waals surface area contributed by atoms with Crippen LogP contribution in [0.15, 0.2) is 72.8 Å². The fourth-order valence-corrected chi connectivity index (χ4v) is 5.88. The first kappa shape index (κ1) is 30.8. The lowest BCUT2D eigenvalue weighted by Gasteiger charge is -2.32. The Morgan fingerprint density at radius 1 is 0.977 bits per heavy atom. The van der Waals surface area contributed by atoms with Crippen LogP contribution in [0.4, 0.5) is 28.9 Å². The molecule has 1 fully saturated rings. The number of carbonyl (C=O) groups is 2. The summed E-state index contributed by atoms with van der Waals surface area (Å²) >= 11 is 0.796. The Bertz CT molecular complexity index is 1600. The van der Waals surface area contributed by atoms with Gasteiger partial charge in [0.2, 0.25) is 5.91 Å². The van der Waals surface area contributed by atoms with Gasteiger partial charge in [-0.25, -0.2) is 4.39 Å². The molecule has 1 heterocycles. The van der Waals surface area contributed by atoms with Crippen molar-refractivity contribution in [3.05, 3.63) is 89.1 Å². The van der Waals surface area contributed by atoms with Gasteiger partial charge in [0.05, 0.1) is 12.8 Å². The third kappa shape index (κ3) is 6.94. The molecule has 8 nitrogen and oxygen atoms in total. The van der Waals surface area contributed by atoms with E-state index in [0.29, 0.717) is 16.9 Å². The summed E-state index contributed by atoms with van der Waals surface area (Å²) in [5.74, 6) is -1.63. The molecule has 1 aliphatic rings. The number of ether oxygens (including phenoxy) is 2. The van der Waals surface area contributed by atoms with E-state index >= 15 is 0 Å². The molecule has 0 saturated heterocycles. The summed E-state index contributed by atoms with van der Waals surface area (Å²) in [6.07, 6.45) is -1.46. The Balaban J connectivity index is 1.61. The number of nitrogens with two attached hydrogens (primary N) is 1. The molecule has 4 aromatic rings. The molecular weight excluding hydrogens is 600 g/mol. The largest absolute Gasteiger partial charge is 0.573 e. The number of nitrogens with zero attached hydrogens (tertiary/aromatic N) is 2. The monoisotopic (exact) mass is 628 g/mol. The highest BCUT2D eigenvalue weighted by Gasteiger charge is 2.37. The molecule has 44 heavy (non-hydrogen) atoms. The van der Waals surface area contributed by atoms with Crippen molar-refractivity contribution in [2.24, 2.45) is 0 Å². The highest BCUT2D eigenvalue weighted by atomic mass is 32.1. The Labute approximate surface area is 254 Å². The van der Waals surface area contributed by atoms with Crippen LogP contribution in [0.25, 0.3) is 11.3 Å². The first-order valence-electron chi connectivity index (χ1n) is 13.7. The molecule has 0 bridgehead atoms. The molecule has 3 aromatic carbocycles. The molecule has 1 aromatic heterocycles.